The van der Waals surface area contributed by atoms with Crippen molar-refractivity contribution in [3.05, 3.63) is 28.0 Å². The van der Waals surface area contributed by atoms with E-state index in [0.717, 1.165) is 13.1 Å². The van der Waals surface area contributed by atoms with Crippen molar-refractivity contribution in [1.82, 2.24) is 14.8 Å². The number of halogens is 2. The van der Waals surface area contributed by atoms with E-state index in [0.29, 0.717) is 29.0 Å². The van der Waals surface area contributed by atoms with Gasteiger partial charge in [-0.1, -0.05) is 23.2 Å². The molecule has 0 aromatic carbocycles. The summed E-state index contributed by atoms with van der Waals surface area (Å²) in [4.78, 5) is 19.8. The maximum atomic E-state index is 12.0. The lowest BCUT2D eigenvalue weighted by atomic mass is 10.3. The summed E-state index contributed by atoms with van der Waals surface area (Å²) in [5.74, 6) is 0.102. The Kier molecular flexibility index (Phi) is 6.55. The Balaban J connectivity index is 2.62. The van der Waals surface area contributed by atoms with Gasteiger partial charge in [0.1, 0.15) is 5.15 Å². The minimum atomic E-state index is 0.102. The van der Waals surface area contributed by atoms with Gasteiger partial charge in [-0.3, -0.25) is 9.69 Å². The fourth-order valence-electron chi connectivity index (χ4n) is 1.79. The monoisotopic (exact) mass is 303 g/mol. The van der Waals surface area contributed by atoms with Gasteiger partial charge in [0, 0.05) is 19.6 Å². The molecule has 1 aromatic rings. The molecule has 0 spiro atoms. The molecule has 0 saturated heterocycles. The standard InChI is InChI=1S/C13H19Cl2N3O/c1-4-18(5-2)13(19)9-17(3)8-11-10(14)6-7-12(15)16-11/h6-7H,4-5,8-9H2,1-3H3. The predicted molar refractivity (Wildman–Crippen MR) is 78.5 cm³/mol. The lowest BCUT2D eigenvalue weighted by Crippen LogP contribution is -2.38. The van der Waals surface area contributed by atoms with Gasteiger partial charge in [0.15, 0.2) is 0 Å². The lowest BCUT2D eigenvalue weighted by molar-refractivity contribution is -0.131. The third kappa shape index (κ3) is 4.97. The van der Waals surface area contributed by atoms with E-state index in [-0.39, 0.29) is 5.91 Å². The third-order valence-corrected chi connectivity index (χ3v) is 3.38. The zero-order chi connectivity index (χ0) is 14.4. The Labute approximate surface area is 124 Å². The van der Waals surface area contributed by atoms with E-state index < -0.39 is 0 Å². The molecule has 1 aromatic heterocycles. The Morgan fingerprint density at radius 2 is 1.89 bits per heavy atom. The maximum absolute atomic E-state index is 12.0. The highest BCUT2D eigenvalue weighted by molar-refractivity contribution is 6.32. The van der Waals surface area contributed by atoms with Gasteiger partial charge < -0.3 is 4.90 Å². The molecule has 106 valence electrons. The molecule has 6 heteroatoms. The molecule has 1 rings (SSSR count). The van der Waals surface area contributed by atoms with E-state index in [1.54, 1.807) is 17.0 Å². The number of amides is 1. The van der Waals surface area contributed by atoms with Crippen LogP contribution in [0.15, 0.2) is 12.1 Å². The molecule has 0 N–H and O–H groups in total. The minimum absolute atomic E-state index is 0.102. The van der Waals surface area contributed by atoms with Gasteiger partial charge in [0.05, 0.1) is 17.3 Å². The number of rotatable bonds is 6. The van der Waals surface area contributed by atoms with E-state index in [9.17, 15) is 4.79 Å². The second-order valence-corrected chi connectivity index (χ2v) is 5.10. The van der Waals surface area contributed by atoms with Gasteiger partial charge >= 0.3 is 0 Å². The van der Waals surface area contributed by atoms with Crippen LogP contribution in [0, 0.1) is 0 Å². The molecule has 0 radical (unpaired) electrons. The molecule has 1 amide bonds. The molecule has 0 bridgehead atoms. The molecule has 19 heavy (non-hydrogen) atoms. The van der Waals surface area contributed by atoms with Crippen LogP contribution in [0.3, 0.4) is 0 Å². The summed E-state index contributed by atoms with van der Waals surface area (Å²) in [6, 6.07) is 3.36. The van der Waals surface area contributed by atoms with E-state index in [4.69, 9.17) is 23.2 Å². The van der Waals surface area contributed by atoms with Gasteiger partial charge in [-0.15, -0.1) is 0 Å². The van der Waals surface area contributed by atoms with Crippen molar-refractivity contribution in [3.63, 3.8) is 0 Å². The number of hydrogen-bond donors (Lipinski definition) is 0. The first-order chi connectivity index (χ1) is 8.97. The first-order valence-electron chi connectivity index (χ1n) is 6.25. The van der Waals surface area contributed by atoms with Gasteiger partial charge in [0.25, 0.3) is 0 Å². The zero-order valence-electron chi connectivity index (χ0n) is 11.5. The summed E-state index contributed by atoms with van der Waals surface area (Å²) in [7, 11) is 1.86. The summed E-state index contributed by atoms with van der Waals surface area (Å²) < 4.78 is 0. The highest BCUT2D eigenvalue weighted by Crippen LogP contribution is 2.18. The number of carbonyl (C=O) groups excluding carboxylic acids is 1. The number of aromatic nitrogens is 1. The van der Waals surface area contributed by atoms with Crippen LogP contribution in [0.2, 0.25) is 10.2 Å². The Morgan fingerprint density at radius 1 is 1.26 bits per heavy atom. The van der Waals surface area contributed by atoms with Crippen molar-refractivity contribution >= 4 is 29.1 Å². The molecule has 0 aliphatic rings. The minimum Gasteiger partial charge on any atom is -0.342 e. The van der Waals surface area contributed by atoms with Gasteiger partial charge in [-0.25, -0.2) is 4.98 Å². The molecule has 1 heterocycles. The number of carbonyl (C=O) groups is 1. The van der Waals surface area contributed by atoms with Crippen molar-refractivity contribution in [2.45, 2.75) is 20.4 Å². The largest absolute Gasteiger partial charge is 0.342 e. The van der Waals surface area contributed by atoms with E-state index in [1.165, 1.54) is 0 Å². The van der Waals surface area contributed by atoms with Crippen LogP contribution in [0.5, 0.6) is 0 Å². The van der Waals surface area contributed by atoms with Crippen LogP contribution in [0.1, 0.15) is 19.5 Å². The van der Waals surface area contributed by atoms with Crippen molar-refractivity contribution in [3.8, 4) is 0 Å². The Morgan fingerprint density at radius 3 is 2.47 bits per heavy atom. The normalized spacial score (nSPS) is 10.8. The molecule has 0 atom stereocenters. The van der Waals surface area contributed by atoms with Crippen LogP contribution in [-0.4, -0.2) is 47.4 Å². The number of pyridine rings is 1. The molecule has 0 aliphatic heterocycles. The second kappa shape index (κ2) is 7.68. The van der Waals surface area contributed by atoms with Gasteiger partial charge in [-0.2, -0.15) is 0 Å². The van der Waals surface area contributed by atoms with Crippen LogP contribution in [0.25, 0.3) is 0 Å². The fourth-order valence-corrected chi connectivity index (χ4v) is 2.12. The molecular weight excluding hydrogens is 285 g/mol. The van der Waals surface area contributed by atoms with Gasteiger partial charge in [0.2, 0.25) is 5.91 Å². The van der Waals surface area contributed by atoms with E-state index in [2.05, 4.69) is 4.98 Å². The highest BCUT2D eigenvalue weighted by atomic mass is 35.5. The van der Waals surface area contributed by atoms with Crippen LogP contribution in [0.4, 0.5) is 0 Å². The van der Waals surface area contributed by atoms with Crippen LogP contribution in [-0.2, 0) is 11.3 Å². The number of nitrogens with zero attached hydrogens (tertiary/aromatic N) is 3. The predicted octanol–water partition coefficient (Wildman–Crippen LogP) is 2.69. The molecular formula is C13H19Cl2N3O. The molecule has 0 saturated carbocycles. The molecule has 4 nitrogen and oxygen atoms in total. The number of hydrogen-bond acceptors (Lipinski definition) is 3. The van der Waals surface area contributed by atoms with Crippen LogP contribution >= 0.6 is 23.2 Å². The average molecular weight is 304 g/mol. The smallest absolute Gasteiger partial charge is 0.236 e. The molecule has 0 fully saturated rings. The van der Waals surface area contributed by atoms with Crippen LogP contribution < -0.4 is 0 Å². The SMILES string of the molecule is CCN(CC)C(=O)CN(C)Cc1nc(Cl)ccc1Cl. The summed E-state index contributed by atoms with van der Waals surface area (Å²) in [6.45, 7) is 6.21. The summed E-state index contributed by atoms with van der Waals surface area (Å²) in [5, 5.41) is 0.967. The third-order valence-electron chi connectivity index (χ3n) is 2.83. The maximum Gasteiger partial charge on any atom is 0.236 e. The highest BCUT2D eigenvalue weighted by Gasteiger charge is 2.14. The first kappa shape index (κ1) is 16.2. The summed E-state index contributed by atoms with van der Waals surface area (Å²) >= 11 is 11.9. The zero-order valence-corrected chi connectivity index (χ0v) is 13.0. The second-order valence-electron chi connectivity index (χ2n) is 4.30. The molecule has 0 unspecified atom stereocenters. The van der Waals surface area contributed by atoms with Crippen molar-refractivity contribution in [2.75, 3.05) is 26.7 Å². The summed E-state index contributed by atoms with van der Waals surface area (Å²) in [6.07, 6.45) is 0. The number of likely N-dealkylation sites (N-methyl/N-ethyl adjacent to an activating group) is 2. The fraction of sp³-hybridized carbons (Fsp3) is 0.538. The topological polar surface area (TPSA) is 36.4 Å². The molecule has 0 aliphatic carbocycles. The Bertz CT molecular complexity index is 436. The first-order valence-corrected chi connectivity index (χ1v) is 7.00. The van der Waals surface area contributed by atoms with E-state index in [1.807, 2.05) is 25.8 Å². The van der Waals surface area contributed by atoms with Crippen molar-refractivity contribution in [2.24, 2.45) is 0 Å². The average Bonchev–Trinajstić information content (AvgIpc) is 2.35. The van der Waals surface area contributed by atoms with Crippen molar-refractivity contribution < 1.29 is 4.79 Å². The quantitative estimate of drug-likeness (QED) is 0.758. The van der Waals surface area contributed by atoms with Crippen molar-refractivity contribution in [1.29, 1.82) is 0 Å². The Hall–Kier alpha value is -0.840. The lowest BCUT2D eigenvalue weighted by Gasteiger charge is -2.23. The summed E-state index contributed by atoms with van der Waals surface area (Å²) in [5.41, 5.74) is 0.684. The van der Waals surface area contributed by atoms with E-state index >= 15 is 0 Å². The van der Waals surface area contributed by atoms with Gasteiger partial charge in [-0.05, 0) is 33.0 Å².